The molecule has 0 radical (unpaired) electrons. The van der Waals surface area contributed by atoms with Crippen molar-refractivity contribution in [1.29, 1.82) is 0 Å². The minimum absolute atomic E-state index is 0.119. The number of carbonyl (C=O) groups is 3. The molecule has 0 saturated heterocycles. The van der Waals surface area contributed by atoms with Crippen molar-refractivity contribution in [2.24, 2.45) is 11.3 Å². The van der Waals surface area contributed by atoms with Gasteiger partial charge in [0.05, 0.1) is 0 Å². The maximum absolute atomic E-state index is 12.7. The summed E-state index contributed by atoms with van der Waals surface area (Å²) in [7, 11) is 0. The Kier molecular flexibility index (Phi) is 6.36. The van der Waals surface area contributed by atoms with E-state index < -0.39 is 35.3 Å². The van der Waals surface area contributed by atoms with E-state index in [1.54, 1.807) is 6.92 Å². The molecule has 7 heteroatoms. The van der Waals surface area contributed by atoms with Gasteiger partial charge in [0.1, 0.15) is 17.8 Å². The molecule has 6 atom stereocenters. The highest BCUT2D eigenvalue weighted by molar-refractivity contribution is 5.97. The number of aliphatic hydroxyl groups is 2. The Morgan fingerprint density at radius 2 is 1.83 bits per heavy atom. The molecule has 0 aromatic heterocycles. The Balaban J connectivity index is 2.24. The van der Waals surface area contributed by atoms with Crippen molar-refractivity contribution < 1.29 is 34.1 Å². The first-order valence-electron chi connectivity index (χ1n) is 10.2. The van der Waals surface area contributed by atoms with E-state index in [4.69, 9.17) is 9.47 Å². The zero-order chi connectivity index (χ0) is 22.4. The van der Waals surface area contributed by atoms with Gasteiger partial charge in [-0.3, -0.25) is 9.59 Å². The van der Waals surface area contributed by atoms with E-state index in [-0.39, 0.29) is 17.1 Å². The summed E-state index contributed by atoms with van der Waals surface area (Å²) < 4.78 is 10.5. The fourth-order valence-corrected chi connectivity index (χ4v) is 4.75. The maximum Gasteiger partial charge on any atom is 0.342 e. The molecule has 0 aliphatic heterocycles. The standard InChI is InChI=1S/C22H34O7/c1-12(2)15-10-17-20(5,11-16(15)24)9-8-18(22(17,7)27)29-19(25)21(6,26)13(3)28-14(4)23/h13,17-18,26-27H,8-11H2,1-7H3/t13-,17+,18+,20+,21+,22-/m0/s1. The number of Topliss-reactive ketones (excluding diaryl/α,β-unsaturated/α-hetero) is 1. The van der Waals surface area contributed by atoms with E-state index in [2.05, 4.69) is 0 Å². The van der Waals surface area contributed by atoms with E-state index in [1.807, 2.05) is 20.8 Å². The molecule has 0 heterocycles. The smallest absolute Gasteiger partial charge is 0.342 e. The topological polar surface area (TPSA) is 110 Å². The number of carbonyl (C=O) groups excluding carboxylic acids is 3. The summed E-state index contributed by atoms with van der Waals surface area (Å²) in [4.78, 5) is 36.4. The van der Waals surface area contributed by atoms with Gasteiger partial charge in [0.15, 0.2) is 11.4 Å². The third-order valence-electron chi connectivity index (χ3n) is 6.89. The summed E-state index contributed by atoms with van der Waals surface area (Å²) >= 11 is 0. The summed E-state index contributed by atoms with van der Waals surface area (Å²) in [6, 6.07) is 0. The summed E-state index contributed by atoms with van der Waals surface area (Å²) in [6.45, 7) is 11.2. The van der Waals surface area contributed by atoms with E-state index in [9.17, 15) is 24.6 Å². The molecule has 0 unspecified atom stereocenters. The number of allylic oxidation sites excluding steroid dienone is 2. The number of ether oxygens (including phenoxy) is 2. The molecule has 164 valence electrons. The first-order valence-corrected chi connectivity index (χ1v) is 10.2. The zero-order valence-corrected chi connectivity index (χ0v) is 18.5. The summed E-state index contributed by atoms with van der Waals surface area (Å²) in [5.74, 6) is -1.71. The van der Waals surface area contributed by atoms with Crippen LogP contribution in [0.1, 0.15) is 74.1 Å². The van der Waals surface area contributed by atoms with Gasteiger partial charge < -0.3 is 19.7 Å². The predicted molar refractivity (Wildman–Crippen MR) is 106 cm³/mol. The fraction of sp³-hybridized carbons (Fsp3) is 0.773. The molecule has 2 fully saturated rings. The maximum atomic E-state index is 12.7. The highest BCUT2D eigenvalue weighted by Gasteiger charge is 2.58. The van der Waals surface area contributed by atoms with Gasteiger partial charge in [-0.1, -0.05) is 12.5 Å². The summed E-state index contributed by atoms with van der Waals surface area (Å²) in [5, 5.41) is 21.9. The molecule has 0 aromatic carbocycles. The molecule has 29 heavy (non-hydrogen) atoms. The minimum Gasteiger partial charge on any atom is -0.459 e. The first kappa shape index (κ1) is 23.5. The minimum atomic E-state index is -2.05. The number of hydrogen-bond acceptors (Lipinski definition) is 7. The summed E-state index contributed by atoms with van der Waals surface area (Å²) in [6.07, 6.45) is -0.155. The largest absolute Gasteiger partial charge is 0.459 e. The highest BCUT2D eigenvalue weighted by atomic mass is 16.6. The lowest BCUT2D eigenvalue weighted by Crippen LogP contribution is -2.61. The van der Waals surface area contributed by atoms with Gasteiger partial charge >= 0.3 is 11.9 Å². The lowest BCUT2D eigenvalue weighted by atomic mass is 9.53. The second-order valence-corrected chi connectivity index (χ2v) is 9.55. The van der Waals surface area contributed by atoms with Gasteiger partial charge in [0.2, 0.25) is 0 Å². The third-order valence-corrected chi connectivity index (χ3v) is 6.89. The second kappa shape index (κ2) is 7.84. The quantitative estimate of drug-likeness (QED) is 0.541. The van der Waals surface area contributed by atoms with Gasteiger partial charge in [0, 0.05) is 19.3 Å². The molecule has 0 aromatic rings. The monoisotopic (exact) mass is 410 g/mol. The van der Waals surface area contributed by atoms with Crippen LogP contribution in [0.25, 0.3) is 0 Å². The lowest BCUT2D eigenvalue weighted by molar-refractivity contribution is -0.217. The average Bonchev–Trinajstić information content (AvgIpc) is 2.55. The van der Waals surface area contributed by atoms with Crippen LogP contribution in [0, 0.1) is 11.3 Å². The molecular formula is C22H34O7. The molecule has 2 rings (SSSR count). The molecule has 0 spiro atoms. The van der Waals surface area contributed by atoms with Crippen LogP contribution in [0.4, 0.5) is 0 Å². The van der Waals surface area contributed by atoms with E-state index in [1.165, 1.54) is 20.8 Å². The van der Waals surface area contributed by atoms with Crippen molar-refractivity contribution in [3.63, 3.8) is 0 Å². The van der Waals surface area contributed by atoms with Gasteiger partial charge in [-0.15, -0.1) is 0 Å². The zero-order valence-electron chi connectivity index (χ0n) is 18.5. The summed E-state index contributed by atoms with van der Waals surface area (Å²) in [5.41, 5.74) is -2.13. The number of hydrogen-bond donors (Lipinski definition) is 2. The second-order valence-electron chi connectivity index (χ2n) is 9.55. The molecule has 2 aliphatic rings. The van der Waals surface area contributed by atoms with Crippen molar-refractivity contribution in [1.82, 2.24) is 0 Å². The molecule has 7 nitrogen and oxygen atoms in total. The van der Waals surface area contributed by atoms with Gasteiger partial charge in [-0.05, 0) is 64.9 Å². The van der Waals surface area contributed by atoms with Crippen LogP contribution in [0.5, 0.6) is 0 Å². The fourth-order valence-electron chi connectivity index (χ4n) is 4.75. The number of esters is 2. The normalized spacial score (nSPS) is 35.2. The Bertz CT molecular complexity index is 729. The van der Waals surface area contributed by atoms with Crippen LogP contribution in [0.2, 0.25) is 0 Å². The predicted octanol–water partition coefficient (Wildman–Crippen LogP) is 2.47. The van der Waals surface area contributed by atoms with Crippen LogP contribution in [0.3, 0.4) is 0 Å². The average molecular weight is 411 g/mol. The Morgan fingerprint density at radius 1 is 1.24 bits per heavy atom. The number of fused-ring (bicyclic) bond motifs is 1. The Morgan fingerprint density at radius 3 is 2.34 bits per heavy atom. The van der Waals surface area contributed by atoms with Crippen LogP contribution in [-0.2, 0) is 23.9 Å². The van der Waals surface area contributed by atoms with Crippen molar-refractivity contribution >= 4 is 17.7 Å². The third kappa shape index (κ3) is 4.40. The van der Waals surface area contributed by atoms with Crippen LogP contribution in [0.15, 0.2) is 11.1 Å². The number of ketones is 1. The molecular weight excluding hydrogens is 376 g/mol. The van der Waals surface area contributed by atoms with Gasteiger partial charge in [-0.2, -0.15) is 0 Å². The molecule has 2 saturated carbocycles. The first-order chi connectivity index (χ1) is 13.1. The Labute approximate surface area is 172 Å². The van der Waals surface area contributed by atoms with Gasteiger partial charge in [-0.25, -0.2) is 4.79 Å². The Hall–Kier alpha value is -1.73. The highest BCUT2D eigenvalue weighted by Crippen LogP contribution is 2.55. The van der Waals surface area contributed by atoms with E-state index >= 15 is 0 Å². The van der Waals surface area contributed by atoms with Crippen molar-refractivity contribution in [2.75, 3.05) is 0 Å². The molecule has 0 bridgehead atoms. The van der Waals surface area contributed by atoms with E-state index in [0.717, 1.165) is 11.1 Å². The number of rotatable bonds is 4. The van der Waals surface area contributed by atoms with Crippen molar-refractivity contribution in [3.05, 3.63) is 11.1 Å². The van der Waals surface area contributed by atoms with Crippen molar-refractivity contribution in [2.45, 2.75) is 97.6 Å². The molecule has 2 aliphatic carbocycles. The molecule has 2 N–H and O–H groups in total. The van der Waals surface area contributed by atoms with E-state index in [0.29, 0.717) is 25.7 Å². The van der Waals surface area contributed by atoms with Crippen LogP contribution in [-0.4, -0.2) is 51.3 Å². The lowest BCUT2D eigenvalue weighted by Gasteiger charge is -2.55. The van der Waals surface area contributed by atoms with Crippen molar-refractivity contribution in [3.8, 4) is 0 Å². The van der Waals surface area contributed by atoms with Crippen LogP contribution >= 0.6 is 0 Å². The van der Waals surface area contributed by atoms with Crippen LogP contribution < -0.4 is 0 Å². The SMILES string of the molecule is CC(=O)O[C@@H](C)[C@@](C)(O)C(=O)O[C@@H]1CC[C@]2(C)CC(=O)C(=C(C)C)C[C@H]2[C@]1(C)O. The van der Waals surface area contributed by atoms with Gasteiger partial charge in [0.25, 0.3) is 0 Å². The molecule has 0 amide bonds.